The third-order valence-electron chi connectivity index (χ3n) is 4.23. The van der Waals surface area contributed by atoms with Gasteiger partial charge in [0.1, 0.15) is 5.82 Å². The molecular formula is C18H13FN6S2. The molecule has 6 nitrogen and oxygen atoms in total. The third kappa shape index (κ3) is 3.08. The van der Waals surface area contributed by atoms with Crippen molar-refractivity contribution in [2.45, 2.75) is 22.9 Å². The van der Waals surface area contributed by atoms with Crippen molar-refractivity contribution in [3.05, 3.63) is 59.7 Å². The van der Waals surface area contributed by atoms with Crippen LogP contribution in [0.25, 0.3) is 10.2 Å². The first-order valence-corrected chi connectivity index (χ1v) is 9.91. The highest BCUT2D eigenvalue weighted by atomic mass is 32.2. The van der Waals surface area contributed by atoms with Gasteiger partial charge in [-0.15, -0.1) is 10.2 Å². The standard InChI is InChI=1S/C18H13FN6S2/c19-11-3-1-2-10(8-11)13-6-7-16-22-23-18(25(16)24-13)26-12-4-5-14-15(9-12)27-17(20)21-14/h1-5,8-9H,6-7H2,(H2,20,21). The van der Waals surface area contributed by atoms with Crippen LogP contribution in [0, 0.1) is 5.82 Å². The normalized spacial score (nSPS) is 13.6. The first-order chi connectivity index (χ1) is 13.2. The molecule has 0 bridgehead atoms. The van der Waals surface area contributed by atoms with Crippen molar-refractivity contribution in [1.82, 2.24) is 19.9 Å². The van der Waals surface area contributed by atoms with E-state index in [1.807, 2.05) is 24.3 Å². The second-order valence-electron chi connectivity index (χ2n) is 6.05. The number of fused-ring (bicyclic) bond motifs is 2. The summed E-state index contributed by atoms with van der Waals surface area (Å²) < 4.78 is 16.3. The minimum Gasteiger partial charge on any atom is -0.375 e. The molecule has 3 heterocycles. The second kappa shape index (κ2) is 6.43. The molecule has 1 aliphatic heterocycles. The van der Waals surface area contributed by atoms with E-state index in [0.717, 1.165) is 32.2 Å². The number of benzene rings is 2. The summed E-state index contributed by atoms with van der Waals surface area (Å²) in [6.45, 7) is 0. The van der Waals surface area contributed by atoms with Crippen molar-refractivity contribution in [2.24, 2.45) is 5.10 Å². The van der Waals surface area contributed by atoms with Crippen molar-refractivity contribution in [1.29, 1.82) is 0 Å². The molecule has 0 radical (unpaired) electrons. The molecule has 134 valence electrons. The topological polar surface area (TPSA) is 82.0 Å². The highest BCUT2D eigenvalue weighted by Gasteiger charge is 2.20. The number of nitrogen functional groups attached to an aromatic ring is 1. The van der Waals surface area contributed by atoms with Crippen LogP contribution >= 0.6 is 23.1 Å². The lowest BCUT2D eigenvalue weighted by Gasteiger charge is -2.14. The van der Waals surface area contributed by atoms with Crippen molar-refractivity contribution in [3.8, 4) is 0 Å². The molecule has 5 rings (SSSR count). The van der Waals surface area contributed by atoms with Crippen LogP contribution in [0.4, 0.5) is 9.52 Å². The first-order valence-electron chi connectivity index (χ1n) is 8.28. The predicted octanol–water partition coefficient (Wildman–Crippen LogP) is 3.96. The fourth-order valence-corrected chi connectivity index (χ4v) is 4.66. The van der Waals surface area contributed by atoms with Gasteiger partial charge in [-0.2, -0.15) is 9.78 Å². The molecule has 0 amide bonds. The number of halogens is 1. The van der Waals surface area contributed by atoms with Gasteiger partial charge < -0.3 is 5.73 Å². The number of anilines is 1. The zero-order valence-corrected chi connectivity index (χ0v) is 15.6. The maximum Gasteiger partial charge on any atom is 0.216 e. The van der Waals surface area contributed by atoms with Crippen LogP contribution in [0.3, 0.4) is 0 Å². The lowest BCUT2D eigenvalue weighted by Crippen LogP contribution is -2.15. The summed E-state index contributed by atoms with van der Waals surface area (Å²) in [4.78, 5) is 5.28. The summed E-state index contributed by atoms with van der Waals surface area (Å²) in [5, 5.41) is 14.4. The maximum atomic E-state index is 13.6. The summed E-state index contributed by atoms with van der Waals surface area (Å²) in [6, 6.07) is 12.5. The van der Waals surface area contributed by atoms with E-state index in [0.29, 0.717) is 23.1 Å². The van der Waals surface area contributed by atoms with Gasteiger partial charge in [-0.3, -0.25) is 0 Å². The van der Waals surface area contributed by atoms with Crippen LogP contribution in [-0.2, 0) is 6.42 Å². The number of thiazole rings is 1. The first kappa shape index (κ1) is 16.4. The van der Waals surface area contributed by atoms with Crippen LogP contribution in [0.15, 0.2) is 57.6 Å². The minimum atomic E-state index is -0.267. The van der Waals surface area contributed by atoms with Crippen molar-refractivity contribution in [2.75, 3.05) is 5.73 Å². The number of aromatic nitrogens is 4. The molecule has 0 aliphatic carbocycles. The number of nitrogens with two attached hydrogens (primary N) is 1. The van der Waals surface area contributed by atoms with E-state index < -0.39 is 0 Å². The molecule has 0 saturated carbocycles. The fraction of sp³-hybridized carbons (Fsp3) is 0.111. The van der Waals surface area contributed by atoms with E-state index in [4.69, 9.17) is 5.73 Å². The van der Waals surface area contributed by atoms with Gasteiger partial charge in [0.25, 0.3) is 0 Å². The molecule has 0 unspecified atom stereocenters. The molecule has 0 fully saturated rings. The summed E-state index contributed by atoms with van der Waals surface area (Å²) >= 11 is 2.93. The zero-order valence-electron chi connectivity index (χ0n) is 14.0. The quantitative estimate of drug-likeness (QED) is 0.567. The zero-order chi connectivity index (χ0) is 18.4. The highest BCUT2D eigenvalue weighted by Crippen LogP contribution is 2.33. The van der Waals surface area contributed by atoms with Gasteiger partial charge in [-0.05, 0) is 48.5 Å². The van der Waals surface area contributed by atoms with E-state index in [2.05, 4.69) is 20.3 Å². The third-order valence-corrected chi connectivity index (χ3v) is 6.00. The van der Waals surface area contributed by atoms with Gasteiger partial charge in [-0.1, -0.05) is 23.5 Å². The molecule has 0 saturated heterocycles. The van der Waals surface area contributed by atoms with Gasteiger partial charge in [0.15, 0.2) is 11.0 Å². The van der Waals surface area contributed by atoms with Crippen molar-refractivity contribution < 1.29 is 4.39 Å². The molecule has 0 spiro atoms. The molecule has 2 N–H and O–H groups in total. The molecular weight excluding hydrogens is 383 g/mol. The Morgan fingerprint density at radius 2 is 2.04 bits per heavy atom. The minimum absolute atomic E-state index is 0.267. The Balaban J connectivity index is 1.50. The van der Waals surface area contributed by atoms with Crippen molar-refractivity contribution >= 4 is 44.2 Å². The Kier molecular flexibility index (Phi) is 3.91. The maximum absolute atomic E-state index is 13.6. The van der Waals surface area contributed by atoms with Gasteiger partial charge in [0.2, 0.25) is 5.16 Å². The number of aryl methyl sites for hydroxylation is 1. The van der Waals surface area contributed by atoms with E-state index in [1.165, 1.54) is 35.2 Å². The van der Waals surface area contributed by atoms with E-state index in [9.17, 15) is 4.39 Å². The monoisotopic (exact) mass is 396 g/mol. The second-order valence-corrected chi connectivity index (χ2v) is 8.15. The predicted molar refractivity (Wildman–Crippen MR) is 105 cm³/mol. The van der Waals surface area contributed by atoms with Crippen LogP contribution in [0.1, 0.15) is 17.8 Å². The molecule has 2 aromatic carbocycles. The Bertz CT molecular complexity index is 1200. The number of nitrogens with zero attached hydrogens (tertiary/aromatic N) is 5. The average Bonchev–Trinajstić information content (AvgIpc) is 3.23. The Hall–Kier alpha value is -2.78. The Labute approximate surface area is 161 Å². The number of hydrogen-bond donors (Lipinski definition) is 1. The molecule has 1 aliphatic rings. The van der Waals surface area contributed by atoms with E-state index in [-0.39, 0.29) is 5.82 Å². The highest BCUT2D eigenvalue weighted by molar-refractivity contribution is 7.99. The van der Waals surface area contributed by atoms with Gasteiger partial charge in [-0.25, -0.2) is 9.37 Å². The van der Waals surface area contributed by atoms with E-state index >= 15 is 0 Å². The lowest BCUT2D eigenvalue weighted by atomic mass is 10.0. The Morgan fingerprint density at radius 1 is 1.11 bits per heavy atom. The summed E-state index contributed by atoms with van der Waals surface area (Å²) in [5.74, 6) is 0.539. The molecule has 9 heteroatoms. The van der Waals surface area contributed by atoms with Crippen LogP contribution < -0.4 is 5.73 Å². The summed E-state index contributed by atoms with van der Waals surface area (Å²) in [5.41, 5.74) is 8.28. The Morgan fingerprint density at radius 3 is 2.93 bits per heavy atom. The molecule has 27 heavy (non-hydrogen) atoms. The lowest BCUT2D eigenvalue weighted by molar-refractivity contribution is 0.627. The SMILES string of the molecule is Nc1nc2ccc(Sc3nnc4n3N=C(c3cccc(F)c3)CC4)cc2s1. The van der Waals surface area contributed by atoms with E-state index in [1.54, 1.807) is 10.7 Å². The van der Waals surface area contributed by atoms with Gasteiger partial charge in [0.05, 0.1) is 15.9 Å². The molecule has 2 aromatic heterocycles. The average molecular weight is 396 g/mol. The van der Waals surface area contributed by atoms with Crippen molar-refractivity contribution in [3.63, 3.8) is 0 Å². The van der Waals surface area contributed by atoms with Crippen LogP contribution in [-0.4, -0.2) is 25.6 Å². The van der Waals surface area contributed by atoms with Crippen LogP contribution in [0.2, 0.25) is 0 Å². The largest absolute Gasteiger partial charge is 0.375 e. The van der Waals surface area contributed by atoms with Gasteiger partial charge in [0, 0.05) is 16.9 Å². The smallest absolute Gasteiger partial charge is 0.216 e. The van der Waals surface area contributed by atoms with Gasteiger partial charge >= 0.3 is 0 Å². The number of hydrogen-bond acceptors (Lipinski definition) is 7. The molecule has 4 aromatic rings. The summed E-state index contributed by atoms with van der Waals surface area (Å²) in [6.07, 6.45) is 1.42. The van der Waals surface area contributed by atoms with Crippen LogP contribution in [0.5, 0.6) is 0 Å². The fourth-order valence-electron chi connectivity index (χ4n) is 2.98. The number of rotatable bonds is 3. The molecule has 0 atom stereocenters. The summed E-state index contributed by atoms with van der Waals surface area (Å²) in [7, 11) is 0.